The van der Waals surface area contributed by atoms with Crippen LogP contribution in [0.3, 0.4) is 0 Å². The van der Waals surface area contributed by atoms with Crippen LogP contribution in [0.15, 0.2) is 0 Å². The largest absolute Gasteiger partial charge is 0.346 e. The van der Waals surface area contributed by atoms with Gasteiger partial charge >= 0.3 is 0 Å². The molecular formula is C21H37NO4. The van der Waals surface area contributed by atoms with Gasteiger partial charge in [-0.1, -0.05) is 62.3 Å². The molecule has 0 aromatic carbocycles. The molecule has 0 aliphatic heterocycles. The summed E-state index contributed by atoms with van der Waals surface area (Å²) >= 11 is 0. The van der Waals surface area contributed by atoms with Gasteiger partial charge in [0.1, 0.15) is 11.6 Å². The standard InChI is InChI=1S/C21H37NO4/c1-19(2,3)15(23)11-10-14(18(26)21(7,8)9)22-17(25)13-12-16(24)20(4,5)6/h14H,10-13H2,1-9H3,(H,22,25). The summed E-state index contributed by atoms with van der Waals surface area (Å²) in [6.45, 7) is 16.4. The highest BCUT2D eigenvalue weighted by Gasteiger charge is 2.32. The summed E-state index contributed by atoms with van der Waals surface area (Å²) in [5.74, 6) is -0.362. The van der Waals surface area contributed by atoms with Gasteiger partial charge < -0.3 is 5.32 Å². The summed E-state index contributed by atoms with van der Waals surface area (Å²) in [5.41, 5.74) is -1.58. The first-order valence-corrected chi connectivity index (χ1v) is 9.36. The van der Waals surface area contributed by atoms with Crippen molar-refractivity contribution < 1.29 is 19.2 Å². The lowest BCUT2D eigenvalue weighted by atomic mass is 9.82. The fourth-order valence-corrected chi connectivity index (χ4v) is 2.31. The highest BCUT2D eigenvalue weighted by atomic mass is 16.2. The number of carbonyl (C=O) groups is 4. The van der Waals surface area contributed by atoms with E-state index >= 15 is 0 Å². The lowest BCUT2D eigenvalue weighted by Crippen LogP contribution is -2.46. The minimum absolute atomic E-state index is 0.00857. The van der Waals surface area contributed by atoms with Crippen molar-refractivity contribution in [1.29, 1.82) is 0 Å². The third kappa shape index (κ3) is 8.72. The molecular weight excluding hydrogens is 330 g/mol. The Kier molecular flexibility index (Phi) is 8.39. The molecule has 1 amide bonds. The molecule has 0 spiro atoms. The molecule has 0 aromatic heterocycles. The van der Waals surface area contributed by atoms with Gasteiger partial charge in [0, 0.05) is 35.5 Å². The Labute approximate surface area is 158 Å². The van der Waals surface area contributed by atoms with Crippen molar-refractivity contribution in [3.8, 4) is 0 Å². The number of hydrogen-bond acceptors (Lipinski definition) is 4. The molecule has 0 saturated heterocycles. The zero-order chi connectivity index (χ0) is 20.9. The Morgan fingerprint density at radius 2 is 1.08 bits per heavy atom. The molecule has 0 aromatic rings. The summed E-state index contributed by atoms with van der Waals surface area (Å²) in [4.78, 5) is 49.1. The van der Waals surface area contributed by atoms with Gasteiger partial charge in [-0.3, -0.25) is 19.2 Å². The van der Waals surface area contributed by atoms with Crippen molar-refractivity contribution in [2.24, 2.45) is 16.2 Å². The molecule has 5 heteroatoms. The number of carbonyl (C=O) groups excluding carboxylic acids is 4. The zero-order valence-electron chi connectivity index (χ0n) is 18.0. The molecule has 0 fully saturated rings. The molecule has 0 bridgehead atoms. The third-order valence-electron chi connectivity index (χ3n) is 4.30. The van der Waals surface area contributed by atoms with Crippen LogP contribution in [0.1, 0.15) is 88.0 Å². The minimum Gasteiger partial charge on any atom is -0.346 e. The van der Waals surface area contributed by atoms with Crippen LogP contribution < -0.4 is 5.32 Å². The second-order valence-electron chi connectivity index (χ2n) is 10.1. The molecule has 0 heterocycles. The molecule has 0 aliphatic carbocycles. The van der Waals surface area contributed by atoms with E-state index in [2.05, 4.69) is 5.32 Å². The Bertz CT molecular complexity index is 542. The first-order chi connectivity index (χ1) is 11.5. The van der Waals surface area contributed by atoms with Crippen LogP contribution in [-0.4, -0.2) is 29.3 Å². The SMILES string of the molecule is CC(C)(C)C(=O)CCC(=O)NC(CCC(=O)C(C)(C)C)C(=O)C(C)(C)C. The average molecular weight is 368 g/mol. The van der Waals surface area contributed by atoms with E-state index in [0.717, 1.165) is 0 Å². The highest BCUT2D eigenvalue weighted by molar-refractivity contribution is 5.94. The smallest absolute Gasteiger partial charge is 0.221 e. The van der Waals surface area contributed by atoms with Gasteiger partial charge in [0.05, 0.1) is 6.04 Å². The van der Waals surface area contributed by atoms with Crippen LogP contribution in [0.2, 0.25) is 0 Å². The van der Waals surface area contributed by atoms with Crippen molar-refractivity contribution in [2.45, 2.75) is 94.0 Å². The number of hydrogen-bond donors (Lipinski definition) is 1. The first kappa shape index (κ1) is 24.5. The number of rotatable bonds is 8. The van der Waals surface area contributed by atoms with Crippen LogP contribution in [0, 0.1) is 16.2 Å². The Hall–Kier alpha value is -1.52. The maximum Gasteiger partial charge on any atom is 0.221 e. The van der Waals surface area contributed by atoms with Crippen molar-refractivity contribution >= 4 is 23.3 Å². The lowest BCUT2D eigenvalue weighted by Gasteiger charge is -2.26. The van der Waals surface area contributed by atoms with E-state index in [0.29, 0.717) is 0 Å². The van der Waals surface area contributed by atoms with Crippen LogP contribution in [0.25, 0.3) is 0 Å². The molecule has 0 rings (SSSR count). The van der Waals surface area contributed by atoms with Gasteiger partial charge in [-0.05, 0) is 6.42 Å². The molecule has 5 nitrogen and oxygen atoms in total. The van der Waals surface area contributed by atoms with Gasteiger partial charge in [0.2, 0.25) is 5.91 Å². The fraction of sp³-hybridized carbons (Fsp3) is 0.810. The fourth-order valence-electron chi connectivity index (χ4n) is 2.31. The average Bonchev–Trinajstić information content (AvgIpc) is 2.44. The number of ketones is 3. The molecule has 0 radical (unpaired) electrons. The van der Waals surface area contributed by atoms with Crippen molar-refractivity contribution in [2.75, 3.05) is 0 Å². The molecule has 1 N–H and O–H groups in total. The monoisotopic (exact) mass is 367 g/mol. The second-order valence-corrected chi connectivity index (χ2v) is 10.1. The van der Waals surface area contributed by atoms with Gasteiger partial charge in [-0.25, -0.2) is 0 Å². The van der Waals surface area contributed by atoms with E-state index in [1.165, 1.54) is 0 Å². The Morgan fingerprint density at radius 3 is 1.46 bits per heavy atom. The van der Waals surface area contributed by atoms with E-state index in [-0.39, 0.29) is 48.9 Å². The van der Waals surface area contributed by atoms with Crippen molar-refractivity contribution in [1.82, 2.24) is 5.32 Å². The first-order valence-electron chi connectivity index (χ1n) is 9.36. The predicted molar refractivity (Wildman–Crippen MR) is 104 cm³/mol. The summed E-state index contributed by atoms with van der Waals surface area (Å²) in [7, 11) is 0. The Balaban J connectivity index is 4.97. The van der Waals surface area contributed by atoms with Crippen LogP contribution >= 0.6 is 0 Å². The van der Waals surface area contributed by atoms with Gasteiger partial charge in [-0.2, -0.15) is 0 Å². The number of amides is 1. The van der Waals surface area contributed by atoms with Gasteiger partial charge in [0.15, 0.2) is 5.78 Å². The number of Topliss-reactive ketones (excluding diaryl/α,β-unsaturated/α-hetero) is 3. The van der Waals surface area contributed by atoms with Crippen molar-refractivity contribution in [3.63, 3.8) is 0 Å². The topological polar surface area (TPSA) is 80.3 Å². The van der Waals surface area contributed by atoms with Gasteiger partial charge in [0.25, 0.3) is 0 Å². The highest BCUT2D eigenvalue weighted by Crippen LogP contribution is 2.23. The third-order valence-corrected chi connectivity index (χ3v) is 4.30. The van der Waals surface area contributed by atoms with E-state index in [9.17, 15) is 19.2 Å². The molecule has 1 unspecified atom stereocenters. The van der Waals surface area contributed by atoms with E-state index in [4.69, 9.17) is 0 Å². The van der Waals surface area contributed by atoms with Gasteiger partial charge in [-0.15, -0.1) is 0 Å². The van der Waals surface area contributed by atoms with Crippen molar-refractivity contribution in [3.05, 3.63) is 0 Å². The lowest BCUT2D eigenvalue weighted by molar-refractivity contribution is -0.134. The maximum atomic E-state index is 12.7. The normalized spacial score (nSPS) is 13.9. The quantitative estimate of drug-likeness (QED) is 0.706. The summed E-state index contributed by atoms with van der Waals surface area (Å²) < 4.78 is 0. The Morgan fingerprint density at radius 1 is 0.654 bits per heavy atom. The van der Waals surface area contributed by atoms with Crippen LogP contribution in [0.4, 0.5) is 0 Å². The maximum absolute atomic E-state index is 12.7. The molecule has 26 heavy (non-hydrogen) atoms. The van der Waals surface area contributed by atoms with E-state index < -0.39 is 22.3 Å². The molecule has 0 aliphatic rings. The summed E-state index contributed by atoms with van der Waals surface area (Å²) in [5, 5.41) is 2.74. The van der Waals surface area contributed by atoms with Crippen LogP contribution in [-0.2, 0) is 19.2 Å². The molecule has 150 valence electrons. The summed E-state index contributed by atoms with van der Waals surface area (Å²) in [6.07, 6.45) is 0.715. The molecule has 1 atom stereocenters. The number of nitrogens with one attached hydrogen (secondary N) is 1. The van der Waals surface area contributed by atoms with Crippen LogP contribution in [0.5, 0.6) is 0 Å². The summed E-state index contributed by atoms with van der Waals surface area (Å²) in [6, 6.07) is -0.710. The second kappa shape index (κ2) is 8.92. The molecule has 0 saturated carbocycles. The van der Waals surface area contributed by atoms with E-state index in [1.54, 1.807) is 20.8 Å². The zero-order valence-corrected chi connectivity index (χ0v) is 18.0. The minimum atomic E-state index is -0.710. The van der Waals surface area contributed by atoms with E-state index in [1.807, 2.05) is 41.5 Å². The predicted octanol–water partition coefficient (Wildman–Crippen LogP) is 3.88.